The second-order valence-corrected chi connectivity index (χ2v) is 10.3. The maximum Gasteiger partial charge on any atom is 0.115 e. The van der Waals surface area contributed by atoms with Crippen molar-refractivity contribution in [2.45, 2.75) is 37.0 Å². The fraction of sp³-hybridized carbons (Fsp3) is 0.172. The van der Waals surface area contributed by atoms with Crippen molar-refractivity contribution in [3.05, 3.63) is 107 Å². The average molecular weight is 469 g/mol. The third-order valence-electron chi connectivity index (χ3n) is 5.55. The van der Waals surface area contributed by atoms with Crippen LogP contribution in [0.4, 0.5) is 0 Å². The van der Waals surface area contributed by atoms with Gasteiger partial charge in [0.05, 0.1) is 11.3 Å². The number of nitriles is 1. The molecule has 0 atom stereocenters. The van der Waals surface area contributed by atoms with Crippen LogP contribution >= 0.6 is 23.4 Å². The number of thioether (sulfide) groups is 1. The van der Waals surface area contributed by atoms with Gasteiger partial charge in [-0.05, 0) is 34.2 Å². The van der Waals surface area contributed by atoms with Crippen LogP contribution in [0.2, 0.25) is 5.02 Å². The maximum absolute atomic E-state index is 10.1. The number of hydrogen-bond donors (Lipinski definition) is 0. The monoisotopic (exact) mass is 468 g/mol. The molecule has 164 valence electrons. The number of benzene rings is 3. The molecule has 4 aromatic rings. The zero-order valence-electron chi connectivity index (χ0n) is 19.0. The van der Waals surface area contributed by atoms with Gasteiger partial charge in [0.25, 0.3) is 0 Å². The zero-order valence-corrected chi connectivity index (χ0v) is 20.5. The standard InChI is InChI=1S/C29H25ClN2S/c1-29(2,3)23-15-13-20(14-16-23)24-17-27(21-9-5-4-6-10-21)32-28(25(24)18-31)33-19-22-11-7-8-12-26(22)30/h4-17H,19H2,1-3H3. The summed E-state index contributed by atoms with van der Waals surface area (Å²) >= 11 is 7.92. The fourth-order valence-electron chi connectivity index (χ4n) is 3.63. The molecule has 0 fully saturated rings. The van der Waals surface area contributed by atoms with E-state index in [1.807, 2.05) is 60.7 Å². The van der Waals surface area contributed by atoms with Gasteiger partial charge < -0.3 is 0 Å². The first kappa shape index (κ1) is 23.1. The van der Waals surface area contributed by atoms with Gasteiger partial charge in [0.1, 0.15) is 11.1 Å². The molecule has 2 nitrogen and oxygen atoms in total. The number of halogens is 1. The Bertz CT molecular complexity index is 1300. The van der Waals surface area contributed by atoms with Crippen LogP contribution in [0, 0.1) is 11.3 Å². The molecule has 0 amide bonds. The van der Waals surface area contributed by atoms with Crippen LogP contribution in [-0.4, -0.2) is 4.98 Å². The van der Waals surface area contributed by atoms with E-state index in [2.05, 4.69) is 51.1 Å². The Morgan fingerprint density at radius 3 is 2.18 bits per heavy atom. The predicted molar refractivity (Wildman–Crippen MR) is 140 cm³/mol. The zero-order chi connectivity index (χ0) is 23.4. The van der Waals surface area contributed by atoms with E-state index in [0.717, 1.165) is 33.0 Å². The third kappa shape index (κ3) is 5.30. The van der Waals surface area contributed by atoms with Gasteiger partial charge in [-0.1, -0.05) is 105 Å². The molecule has 0 aliphatic rings. The first-order valence-corrected chi connectivity index (χ1v) is 12.2. The molecule has 0 saturated carbocycles. The van der Waals surface area contributed by atoms with Gasteiger partial charge in [-0.25, -0.2) is 4.98 Å². The van der Waals surface area contributed by atoms with Gasteiger partial charge in [-0.2, -0.15) is 5.26 Å². The summed E-state index contributed by atoms with van der Waals surface area (Å²) in [5, 5.41) is 11.6. The van der Waals surface area contributed by atoms with E-state index in [-0.39, 0.29) is 5.41 Å². The van der Waals surface area contributed by atoms with Crippen LogP contribution in [-0.2, 0) is 11.2 Å². The third-order valence-corrected chi connectivity index (χ3v) is 6.94. The number of rotatable bonds is 5. The molecule has 4 heteroatoms. The van der Waals surface area contributed by atoms with E-state index in [9.17, 15) is 5.26 Å². The summed E-state index contributed by atoms with van der Waals surface area (Å²) in [6.07, 6.45) is 0. The van der Waals surface area contributed by atoms with Crippen molar-refractivity contribution in [3.63, 3.8) is 0 Å². The Kier molecular flexibility index (Phi) is 6.88. The largest absolute Gasteiger partial charge is 0.240 e. The van der Waals surface area contributed by atoms with E-state index in [4.69, 9.17) is 16.6 Å². The summed E-state index contributed by atoms with van der Waals surface area (Å²) in [6, 6.07) is 30.8. The van der Waals surface area contributed by atoms with Gasteiger partial charge in [0, 0.05) is 21.9 Å². The summed E-state index contributed by atoms with van der Waals surface area (Å²) in [7, 11) is 0. The number of pyridine rings is 1. The van der Waals surface area contributed by atoms with Gasteiger partial charge in [0.15, 0.2) is 0 Å². The van der Waals surface area contributed by atoms with E-state index < -0.39 is 0 Å². The molecule has 33 heavy (non-hydrogen) atoms. The topological polar surface area (TPSA) is 36.7 Å². The predicted octanol–water partition coefficient (Wildman–Crippen LogP) is 8.53. The lowest BCUT2D eigenvalue weighted by Gasteiger charge is -2.19. The molecule has 0 aliphatic heterocycles. The van der Waals surface area contributed by atoms with Crippen LogP contribution in [0.5, 0.6) is 0 Å². The Labute approximate surface area is 205 Å². The van der Waals surface area contributed by atoms with Crippen LogP contribution in [0.3, 0.4) is 0 Å². The highest BCUT2D eigenvalue weighted by molar-refractivity contribution is 7.98. The molecule has 0 unspecified atom stereocenters. The summed E-state index contributed by atoms with van der Waals surface area (Å²) in [4.78, 5) is 4.90. The van der Waals surface area contributed by atoms with Crippen molar-refractivity contribution < 1.29 is 0 Å². The molecule has 0 spiro atoms. The second-order valence-electron chi connectivity index (χ2n) is 8.92. The molecule has 3 aromatic carbocycles. The van der Waals surface area contributed by atoms with Crippen molar-refractivity contribution in [1.29, 1.82) is 5.26 Å². The lowest BCUT2D eigenvalue weighted by atomic mass is 9.86. The molecule has 1 aromatic heterocycles. The van der Waals surface area contributed by atoms with E-state index in [1.54, 1.807) is 11.8 Å². The highest BCUT2D eigenvalue weighted by Crippen LogP contribution is 2.36. The van der Waals surface area contributed by atoms with Gasteiger partial charge in [-0.15, -0.1) is 11.8 Å². The molecule has 0 radical (unpaired) electrons. The van der Waals surface area contributed by atoms with Crippen LogP contribution in [0.25, 0.3) is 22.4 Å². The highest BCUT2D eigenvalue weighted by Gasteiger charge is 2.18. The minimum Gasteiger partial charge on any atom is -0.240 e. The Morgan fingerprint density at radius 2 is 1.55 bits per heavy atom. The SMILES string of the molecule is CC(C)(C)c1ccc(-c2cc(-c3ccccc3)nc(SCc3ccccc3Cl)c2C#N)cc1. The Balaban J connectivity index is 1.82. The van der Waals surface area contributed by atoms with Crippen molar-refractivity contribution in [1.82, 2.24) is 4.98 Å². The van der Waals surface area contributed by atoms with Crippen molar-refractivity contribution in [2.75, 3.05) is 0 Å². The van der Waals surface area contributed by atoms with E-state index in [1.165, 1.54) is 5.56 Å². The quantitative estimate of drug-likeness (QED) is 0.275. The van der Waals surface area contributed by atoms with Crippen LogP contribution in [0.1, 0.15) is 37.5 Å². The van der Waals surface area contributed by atoms with Crippen LogP contribution < -0.4 is 0 Å². The molecule has 0 saturated heterocycles. The van der Waals surface area contributed by atoms with Crippen molar-refractivity contribution >= 4 is 23.4 Å². The number of hydrogen-bond acceptors (Lipinski definition) is 3. The minimum absolute atomic E-state index is 0.0694. The molecule has 0 aliphatic carbocycles. The maximum atomic E-state index is 10.1. The Morgan fingerprint density at radius 1 is 0.879 bits per heavy atom. The molecule has 0 N–H and O–H groups in total. The highest BCUT2D eigenvalue weighted by atomic mass is 35.5. The molecular weight excluding hydrogens is 444 g/mol. The Hall–Kier alpha value is -3.06. The average Bonchev–Trinajstić information content (AvgIpc) is 2.83. The van der Waals surface area contributed by atoms with E-state index in [0.29, 0.717) is 16.3 Å². The second kappa shape index (κ2) is 9.83. The normalized spacial score (nSPS) is 11.2. The van der Waals surface area contributed by atoms with Gasteiger partial charge in [-0.3, -0.25) is 0 Å². The van der Waals surface area contributed by atoms with Gasteiger partial charge >= 0.3 is 0 Å². The number of aromatic nitrogens is 1. The van der Waals surface area contributed by atoms with Crippen molar-refractivity contribution in [2.24, 2.45) is 0 Å². The lowest BCUT2D eigenvalue weighted by molar-refractivity contribution is 0.590. The summed E-state index contributed by atoms with van der Waals surface area (Å²) in [6.45, 7) is 6.60. The van der Waals surface area contributed by atoms with Crippen LogP contribution in [0.15, 0.2) is 90.0 Å². The molecular formula is C29H25ClN2S. The smallest absolute Gasteiger partial charge is 0.115 e. The van der Waals surface area contributed by atoms with E-state index >= 15 is 0 Å². The minimum atomic E-state index is 0.0694. The molecule has 0 bridgehead atoms. The lowest BCUT2D eigenvalue weighted by Crippen LogP contribution is -2.10. The summed E-state index contributed by atoms with van der Waals surface area (Å²) in [5.74, 6) is 0.641. The molecule has 1 heterocycles. The molecule has 4 rings (SSSR count). The fourth-order valence-corrected chi connectivity index (χ4v) is 4.92. The number of nitrogens with zero attached hydrogens (tertiary/aromatic N) is 2. The summed E-state index contributed by atoms with van der Waals surface area (Å²) < 4.78 is 0. The first-order chi connectivity index (χ1) is 15.9. The first-order valence-electron chi connectivity index (χ1n) is 10.8. The van der Waals surface area contributed by atoms with Crippen molar-refractivity contribution in [3.8, 4) is 28.5 Å². The van der Waals surface area contributed by atoms with Gasteiger partial charge in [0.2, 0.25) is 0 Å². The summed E-state index contributed by atoms with van der Waals surface area (Å²) in [5.41, 5.74) is 6.73.